The molecule has 1 aromatic heterocycles. The number of aryl methyl sites for hydroxylation is 2. The number of hydrogen-bond acceptors (Lipinski definition) is 4. The second-order valence-electron chi connectivity index (χ2n) is 6.64. The van der Waals surface area contributed by atoms with E-state index in [2.05, 4.69) is 11.9 Å². The molecular weight excluding hydrogens is 370 g/mol. The van der Waals surface area contributed by atoms with Gasteiger partial charge in [-0.05, 0) is 44.5 Å². The quantitative estimate of drug-likeness (QED) is 0.393. The lowest BCUT2D eigenvalue weighted by molar-refractivity contribution is -0.120. The highest BCUT2D eigenvalue weighted by atomic mass is 32.2. The van der Waals surface area contributed by atoms with E-state index in [0.717, 1.165) is 16.8 Å². The molecule has 1 amide bonds. The van der Waals surface area contributed by atoms with E-state index in [1.165, 1.54) is 11.8 Å². The Morgan fingerprint density at radius 1 is 1.29 bits per heavy atom. The van der Waals surface area contributed by atoms with Crippen LogP contribution in [0.3, 0.4) is 0 Å². The van der Waals surface area contributed by atoms with Crippen LogP contribution in [0.5, 0.6) is 0 Å². The van der Waals surface area contributed by atoms with Gasteiger partial charge >= 0.3 is 0 Å². The molecule has 0 saturated heterocycles. The van der Waals surface area contributed by atoms with Gasteiger partial charge in [-0.3, -0.25) is 14.2 Å². The maximum absolute atomic E-state index is 13.3. The molecule has 144 valence electrons. The number of aromatic nitrogens is 2. The Morgan fingerprint density at radius 3 is 2.75 bits per heavy atom. The van der Waals surface area contributed by atoms with Crippen LogP contribution >= 0.6 is 11.8 Å². The molecule has 1 unspecified atom stereocenters. The summed E-state index contributed by atoms with van der Waals surface area (Å²) >= 11 is 1.27. The van der Waals surface area contributed by atoms with E-state index in [1.807, 2.05) is 50.2 Å². The van der Waals surface area contributed by atoms with E-state index in [0.29, 0.717) is 22.6 Å². The van der Waals surface area contributed by atoms with Crippen molar-refractivity contribution in [3.8, 4) is 5.69 Å². The van der Waals surface area contributed by atoms with Gasteiger partial charge in [0, 0.05) is 6.54 Å². The zero-order chi connectivity index (χ0) is 20.3. The first-order valence-corrected chi connectivity index (χ1v) is 9.95. The normalized spacial score (nSPS) is 12.0. The highest BCUT2D eigenvalue weighted by Crippen LogP contribution is 2.26. The molecule has 0 bridgehead atoms. The molecule has 3 rings (SSSR count). The Morgan fingerprint density at radius 2 is 2.04 bits per heavy atom. The van der Waals surface area contributed by atoms with Crippen molar-refractivity contribution in [3.63, 3.8) is 0 Å². The maximum atomic E-state index is 13.3. The van der Waals surface area contributed by atoms with Gasteiger partial charge in [0.25, 0.3) is 5.56 Å². The summed E-state index contributed by atoms with van der Waals surface area (Å²) in [6, 6.07) is 13.2. The van der Waals surface area contributed by atoms with Crippen LogP contribution < -0.4 is 10.9 Å². The number of amides is 1. The molecule has 0 saturated carbocycles. The van der Waals surface area contributed by atoms with Crippen LogP contribution in [0.25, 0.3) is 16.6 Å². The Balaban J connectivity index is 2.16. The van der Waals surface area contributed by atoms with E-state index >= 15 is 0 Å². The van der Waals surface area contributed by atoms with Crippen molar-refractivity contribution in [1.29, 1.82) is 0 Å². The number of thioether (sulfide) groups is 1. The van der Waals surface area contributed by atoms with E-state index in [-0.39, 0.29) is 11.5 Å². The maximum Gasteiger partial charge on any atom is 0.266 e. The molecule has 1 atom stereocenters. The Bertz CT molecular complexity index is 1100. The Kier molecular flexibility index (Phi) is 5.99. The van der Waals surface area contributed by atoms with Crippen LogP contribution in [0.4, 0.5) is 0 Å². The fourth-order valence-corrected chi connectivity index (χ4v) is 3.93. The molecule has 2 aromatic carbocycles. The summed E-state index contributed by atoms with van der Waals surface area (Å²) in [6.07, 6.45) is 1.63. The lowest BCUT2D eigenvalue weighted by atomic mass is 10.1. The number of rotatable bonds is 6. The minimum absolute atomic E-state index is 0.125. The van der Waals surface area contributed by atoms with Crippen molar-refractivity contribution in [2.45, 2.75) is 31.2 Å². The van der Waals surface area contributed by atoms with Gasteiger partial charge in [-0.15, -0.1) is 6.58 Å². The van der Waals surface area contributed by atoms with Crippen molar-refractivity contribution < 1.29 is 4.79 Å². The Hall–Kier alpha value is -2.86. The third kappa shape index (κ3) is 4.02. The van der Waals surface area contributed by atoms with Crippen molar-refractivity contribution in [1.82, 2.24) is 14.9 Å². The van der Waals surface area contributed by atoms with E-state index in [4.69, 9.17) is 4.98 Å². The highest BCUT2D eigenvalue weighted by molar-refractivity contribution is 8.00. The second-order valence-corrected chi connectivity index (χ2v) is 7.94. The fourth-order valence-electron chi connectivity index (χ4n) is 2.99. The molecule has 3 aromatic rings. The Labute approximate surface area is 168 Å². The van der Waals surface area contributed by atoms with E-state index in [9.17, 15) is 9.59 Å². The van der Waals surface area contributed by atoms with Crippen LogP contribution in [-0.4, -0.2) is 27.3 Å². The number of nitrogens with zero attached hydrogens (tertiary/aromatic N) is 2. The summed E-state index contributed by atoms with van der Waals surface area (Å²) < 4.78 is 1.61. The molecule has 1 N–H and O–H groups in total. The first-order chi connectivity index (χ1) is 13.4. The van der Waals surface area contributed by atoms with Gasteiger partial charge in [-0.25, -0.2) is 4.98 Å². The van der Waals surface area contributed by atoms with Gasteiger partial charge in [0.05, 0.1) is 21.8 Å². The topological polar surface area (TPSA) is 64.0 Å². The van der Waals surface area contributed by atoms with Crippen molar-refractivity contribution >= 4 is 28.6 Å². The lowest BCUT2D eigenvalue weighted by Gasteiger charge is -2.17. The predicted molar refractivity (Wildman–Crippen MR) is 115 cm³/mol. The molecule has 28 heavy (non-hydrogen) atoms. The number of fused-ring (bicyclic) bond motifs is 1. The smallest absolute Gasteiger partial charge is 0.266 e. The first kappa shape index (κ1) is 19.9. The number of para-hydroxylation sites is 1. The molecule has 0 aliphatic rings. The second kappa shape index (κ2) is 8.44. The van der Waals surface area contributed by atoms with Gasteiger partial charge in [-0.2, -0.15) is 0 Å². The summed E-state index contributed by atoms with van der Waals surface area (Å²) in [7, 11) is 0. The van der Waals surface area contributed by atoms with Crippen LogP contribution in [0, 0.1) is 13.8 Å². The molecule has 0 fully saturated rings. The summed E-state index contributed by atoms with van der Waals surface area (Å²) in [5.41, 5.74) is 3.35. The summed E-state index contributed by atoms with van der Waals surface area (Å²) in [6.45, 7) is 9.80. The average molecular weight is 394 g/mol. The standard InChI is InChI=1S/C22H23N3O2S/c1-5-12-23-20(26)16(4)28-22-24-18-9-7-6-8-17(18)21(27)25(22)19-11-10-14(2)13-15(19)3/h5-11,13,16H,1,12H2,2-4H3,(H,23,26). The molecule has 1 heterocycles. The highest BCUT2D eigenvalue weighted by Gasteiger charge is 2.20. The van der Waals surface area contributed by atoms with Crippen LogP contribution in [0.2, 0.25) is 0 Å². The third-order valence-electron chi connectivity index (χ3n) is 4.41. The number of carbonyl (C=O) groups is 1. The summed E-state index contributed by atoms with van der Waals surface area (Å²) in [5.74, 6) is -0.125. The minimum atomic E-state index is -0.412. The van der Waals surface area contributed by atoms with Gasteiger partial charge in [0.1, 0.15) is 0 Å². The van der Waals surface area contributed by atoms with Crippen molar-refractivity contribution in [2.24, 2.45) is 0 Å². The molecular formula is C22H23N3O2S. The zero-order valence-corrected chi connectivity index (χ0v) is 17.0. The van der Waals surface area contributed by atoms with Gasteiger partial charge in [0.15, 0.2) is 5.16 Å². The van der Waals surface area contributed by atoms with Crippen LogP contribution in [0.1, 0.15) is 18.1 Å². The third-order valence-corrected chi connectivity index (χ3v) is 5.46. The fraction of sp³-hybridized carbons (Fsp3) is 0.227. The van der Waals surface area contributed by atoms with Crippen molar-refractivity contribution in [2.75, 3.05) is 6.54 Å². The van der Waals surface area contributed by atoms with E-state index in [1.54, 1.807) is 23.6 Å². The lowest BCUT2D eigenvalue weighted by Crippen LogP contribution is -2.32. The molecule has 0 aliphatic carbocycles. The molecule has 5 nitrogen and oxygen atoms in total. The summed E-state index contributed by atoms with van der Waals surface area (Å²) in [4.78, 5) is 30.3. The average Bonchev–Trinajstić information content (AvgIpc) is 2.67. The molecule has 6 heteroatoms. The SMILES string of the molecule is C=CCNC(=O)C(C)Sc1nc2ccccc2c(=O)n1-c1ccc(C)cc1C. The van der Waals surface area contributed by atoms with Crippen LogP contribution in [-0.2, 0) is 4.79 Å². The number of nitrogens with one attached hydrogen (secondary N) is 1. The molecule has 0 spiro atoms. The predicted octanol–water partition coefficient (Wildman–Crippen LogP) is 3.79. The van der Waals surface area contributed by atoms with Crippen molar-refractivity contribution in [3.05, 3.63) is 76.6 Å². The van der Waals surface area contributed by atoms with Gasteiger partial charge in [0.2, 0.25) is 5.91 Å². The van der Waals surface area contributed by atoms with Crippen LogP contribution in [0.15, 0.2) is 65.1 Å². The largest absolute Gasteiger partial charge is 0.352 e. The molecule has 0 radical (unpaired) electrons. The monoisotopic (exact) mass is 393 g/mol. The summed E-state index contributed by atoms with van der Waals surface area (Å²) in [5, 5.41) is 3.43. The number of hydrogen-bond donors (Lipinski definition) is 1. The molecule has 0 aliphatic heterocycles. The number of benzene rings is 2. The first-order valence-electron chi connectivity index (χ1n) is 9.07. The zero-order valence-electron chi connectivity index (χ0n) is 16.2. The number of carbonyl (C=O) groups excluding carboxylic acids is 1. The van der Waals surface area contributed by atoms with E-state index < -0.39 is 5.25 Å². The minimum Gasteiger partial charge on any atom is -0.352 e. The van der Waals surface area contributed by atoms with Gasteiger partial charge < -0.3 is 5.32 Å². The van der Waals surface area contributed by atoms with Gasteiger partial charge in [-0.1, -0.05) is 47.7 Å².